The molecule has 0 bridgehead atoms. The SMILES string of the molecule is CCCC1(C(=O)O)CCN(c2c(C#N)c(C)nn2C)C1. The maximum Gasteiger partial charge on any atom is 0.311 e. The maximum absolute atomic E-state index is 11.6. The van der Waals surface area contributed by atoms with Gasteiger partial charge in [0.05, 0.1) is 11.1 Å². The number of nitriles is 1. The Kier molecular flexibility index (Phi) is 3.71. The predicted molar refractivity (Wildman–Crippen MR) is 74.5 cm³/mol. The van der Waals surface area contributed by atoms with E-state index in [2.05, 4.69) is 11.2 Å². The van der Waals surface area contributed by atoms with Crippen molar-refractivity contribution >= 4 is 11.8 Å². The average molecular weight is 276 g/mol. The van der Waals surface area contributed by atoms with Crippen LogP contribution in [0.5, 0.6) is 0 Å². The molecule has 6 nitrogen and oxygen atoms in total. The molecule has 1 atom stereocenters. The van der Waals surface area contributed by atoms with Crippen molar-refractivity contribution in [3.8, 4) is 6.07 Å². The van der Waals surface area contributed by atoms with Crippen LogP contribution in [0.25, 0.3) is 0 Å². The van der Waals surface area contributed by atoms with Crippen LogP contribution in [0.15, 0.2) is 0 Å². The molecule has 1 unspecified atom stereocenters. The molecule has 1 fully saturated rings. The number of aryl methyl sites for hydroxylation is 2. The topological polar surface area (TPSA) is 82.2 Å². The molecule has 0 spiro atoms. The van der Waals surface area contributed by atoms with Crippen LogP contribution in [-0.2, 0) is 11.8 Å². The van der Waals surface area contributed by atoms with Gasteiger partial charge in [0, 0.05) is 20.1 Å². The van der Waals surface area contributed by atoms with Gasteiger partial charge in [0.25, 0.3) is 0 Å². The number of nitrogens with zero attached hydrogens (tertiary/aromatic N) is 4. The van der Waals surface area contributed by atoms with Crippen LogP contribution < -0.4 is 4.90 Å². The Bertz CT molecular complexity index is 572. The minimum Gasteiger partial charge on any atom is -0.481 e. The lowest BCUT2D eigenvalue weighted by Crippen LogP contribution is -2.35. The zero-order valence-corrected chi connectivity index (χ0v) is 12.2. The second-order valence-electron chi connectivity index (χ2n) is 5.53. The number of rotatable bonds is 4. The number of carboxylic acids is 1. The standard InChI is InChI=1S/C14H20N4O2/c1-4-5-14(13(19)20)6-7-18(9-14)12-11(8-15)10(2)16-17(12)3/h4-7,9H2,1-3H3,(H,19,20). The second-order valence-corrected chi connectivity index (χ2v) is 5.53. The molecule has 0 aromatic carbocycles. The molecule has 1 aliphatic heterocycles. The highest BCUT2D eigenvalue weighted by molar-refractivity contribution is 5.77. The van der Waals surface area contributed by atoms with E-state index < -0.39 is 11.4 Å². The number of hydrogen-bond acceptors (Lipinski definition) is 4. The van der Waals surface area contributed by atoms with Crippen molar-refractivity contribution in [3.05, 3.63) is 11.3 Å². The van der Waals surface area contributed by atoms with Crippen LogP contribution in [0, 0.1) is 23.7 Å². The van der Waals surface area contributed by atoms with Crippen molar-refractivity contribution in [2.24, 2.45) is 12.5 Å². The maximum atomic E-state index is 11.6. The van der Waals surface area contributed by atoms with Gasteiger partial charge in [-0.15, -0.1) is 0 Å². The number of aromatic nitrogens is 2. The van der Waals surface area contributed by atoms with Gasteiger partial charge in [-0.1, -0.05) is 13.3 Å². The molecule has 1 aromatic rings. The first-order valence-electron chi connectivity index (χ1n) is 6.87. The van der Waals surface area contributed by atoms with Gasteiger partial charge in [-0.2, -0.15) is 10.4 Å². The van der Waals surface area contributed by atoms with Gasteiger partial charge >= 0.3 is 5.97 Å². The van der Waals surface area contributed by atoms with Gasteiger partial charge in [0.2, 0.25) is 0 Å². The first kappa shape index (κ1) is 14.4. The van der Waals surface area contributed by atoms with E-state index >= 15 is 0 Å². The summed E-state index contributed by atoms with van der Waals surface area (Å²) in [6.45, 7) is 4.90. The highest BCUT2D eigenvalue weighted by Crippen LogP contribution is 2.38. The lowest BCUT2D eigenvalue weighted by molar-refractivity contribution is -0.148. The summed E-state index contributed by atoms with van der Waals surface area (Å²) in [4.78, 5) is 13.6. The fourth-order valence-corrected chi connectivity index (χ4v) is 3.16. The second kappa shape index (κ2) is 5.16. The Labute approximate surface area is 118 Å². The molecule has 1 aromatic heterocycles. The molecule has 0 amide bonds. The van der Waals surface area contributed by atoms with Crippen LogP contribution in [0.3, 0.4) is 0 Å². The van der Waals surface area contributed by atoms with Crippen molar-refractivity contribution in [3.63, 3.8) is 0 Å². The minimum absolute atomic E-state index is 0.448. The predicted octanol–water partition coefficient (Wildman–Crippen LogP) is 1.68. The summed E-state index contributed by atoms with van der Waals surface area (Å²) < 4.78 is 1.68. The molecular formula is C14H20N4O2. The lowest BCUT2D eigenvalue weighted by atomic mass is 9.83. The van der Waals surface area contributed by atoms with E-state index in [1.54, 1.807) is 18.7 Å². The van der Waals surface area contributed by atoms with Gasteiger partial charge in [-0.05, 0) is 19.8 Å². The summed E-state index contributed by atoms with van der Waals surface area (Å²) in [7, 11) is 1.80. The molecule has 2 rings (SSSR count). The van der Waals surface area contributed by atoms with E-state index in [0.29, 0.717) is 37.2 Å². The van der Waals surface area contributed by atoms with E-state index in [0.717, 1.165) is 12.2 Å². The quantitative estimate of drug-likeness (QED) is 0.904. The largest absolute Gasteiger partial charge is 0.481 e. The molecule has 2 heterocycles. The third kappa shape index (κ3) is 2.13. The minimum atomic E-state index is -0.737. The van der Waals surface area contributed by atoms with Crippen LogP contribution in [-0.4, -0.2) is 33.9 Å². The molecule has 1 saturated heterocycles. The summed E-state index contributed by atoms with van der Waals surface area (Å²) in [6.07, 6.45) is 2.12. The Morgan fingerprint density at radius 1 is 1.60 bits per heavy atom. The summed E-state index contributed by atoms with van der Waals surface area (Å²) >= 11 is 0. The smallest absolute Gasteiger partial charge is 0.311 e. The third-order valence-corrected chi connectivity index (χ3v) is 4.14. The third-order valence-electron chi connectivity index (χ3n) is 4.14. The van der Waals surface area contributed by atoms with E-state index in [9.17, 15) is 15.2 Å². The summed E-state index contributed by atoms with van der Waals surface area (Å²) in [6, 6.07) is 2.18. The van der Waals surface area contributed by atoms with Crippen molar-refractivity contribution in [1.29, 1.82) is 5.26 Å². The summed E-state index contributed by atoms with van der Waals surface area (Å²) in [5, 5.41) is 23.1. The molecule has 0 radical (unpaired) electrons. The fraction of sp³-hybridized carbons (Fsp3) is 0.643. The normalized spacial score (nSPS) is 22.0. The molecule has 1 aliphatic rings. The van der Waals surface area contributed by atoms with Gasteiger partial charge < -0.3 is 10.0 Å². The Balaban J connectivity index is 2.34. The number of hydrogen-bond donors (Lipinski definition) is 1. The monoisotopic (exact) mass is 276 g/mol. The molecule has 20 heavy (non-hydrogen) atoms. The van der Waals surface area contributed by atoms with Gasteiger partial charge in [-0.3, -0.25) is 9.48 Å². The van der Waals surface area contributed by atoms with Crippen molar-refractivity contribution in [2.45, 2.75) is 33.1 Å². The molecule has 108 valence electrons. The van der Waals surface area contributed by atoms with Crippen LogP contribution in [0.1, 0.15) is 37.4 Å². The zero-order valence-electron chi connectivity index (χ0n) is 12.2. The number of carboxylic acid groups (broad SMARTS) is 1. The zero-order chi connectivity index (χ0) is 14.9. The highest BCUT2D eigenvalue weighted by atomic mass is 16.4. The molecule has 0 aliphatic carbocycles. The summed E-state index contributed by atoms with van der Waals surface area (Å²) in [5.41, 5.74) is 0.540. The van der Waals surface area contributed by atoms with Crippen molar-refractivity contribution in [1.82, 2.24) is 9.78 Å². The number of anilines is 1. The van der Waals surface area contributed by atoms with E-state index in [1.165, 1.54) is 0 Å². The number of carbonyl (C=O) groups is 1. The van der Waals surface area contributed by atoms with E-state index in [1.807, 2.05) is 11.8 Å². The average Bonchev–Trinajstić information content (AvgIpc) is 2.91. The van der Waals surface area contributed by atoms with Gasteiger partial charge in [0.1, 0.15) is 17.5 Å². The van der Waals surface area contributed by atoms with Crippen molar-refractivity contribution < 1.29 is 9.90 Å². The Hall–Kier alpha value is -2.03. The fourth-order valence-electron chi connectivity index (χ4n) is 3.16. The summed E-state index contributed by atoms with van der Waals surface area (Å²) in [5.74, 6) is 0.00322. The Morgan fingerprint density at radius 2 is 2.30 bits per heavy atom. The molecule has 6 heteroatoms. The lowest BCUT2D eigenvalue weighted by Gasteiger charge is -2.25. The Morgan fingerprint density at radius 3 is 2.85 bits per heavy atom. The highest BCUT2D eigenvalue weighted by Gasteiger charge is 2.45. The van der Waals surface area contributed by atoms with Crippen LogP contribution in [0.2, 0.25) is 0 Å². The van der Waals surface area contributed by atoms with Crippen LogP contribution >= 0.6 is 0 Å². The molecule has 1 N–H and O–H groups in total. The van der Waals surface area contributed by atoms with E-state index in [4.69, 9.17) is 0 Å². The molecular weight excluding hydrogens is 256 g/mol. The van der Waals surface area contributed by atoms with Crippen LogP contribution in [0.4, 0.5) is 5.82 Å². The van der Waals surface area contributed by atoms with Gasteiger partial charge in [0.15, 0.2) is 0 Å². The first-order valence-corrected chi connectivity index (χ1v) is 6.87. The molecule has 0 saturated carbocycles. The number of aliphatic carboxylic acids is 1. The van der Waals surface area contributed by atoms with E-state index in [-0.39, 0.29) is 0 Å². The van der Waals surface area contributed by atoms with Gasteiger partial charge in [-0.25, -0.2) is 0 Å². The van der Waals surface area contributed by atoms with Crippen molar-refractivity contribution in [2.75, 3.05) is 18.0 Å². The first-order chi connectivity index (χ1) is 9.45.